The smallest absolute Gasteiger partial charge is 0.344 e. The molecule has 0 aliphatic heterocycles. The van der Waals surface area contributed by atoms with E-state index in [1.165, 1.54) is 6.20 Å². The molecule has 6 heteroatoms. The van der Waals surface area contributed by atoms with Gasteiger partial charge in [-0.25, -0.2) is 9.78 Å². The van der Waals surface area contributed by atoms with Gasteiger partial charge in [0.1, 0.15) is 5.56 Å². The van der Waals surface area contributed by atoms with Crippen LogP contribution in [0.5, 0.6) is 5.88 Å². The maximum atomic E-state index is 13.1. The number of nitrogens with one attached hydrogen (secondary N) is 1. The molecule has 2 aromatic carbocycles. The predicted molar refractivity (Wildman–Crippen MR) is 115 cm³/mol. The van der Waals surface area contributed by atoms with E-state index < -0.39 is 18.0 Å². The Hall–Kier alpha value is -3.67. The number of ether oxygens (including phenoxy) is 2. The molecule has 0 saturated carbocycles. The molecular weight excluding hydrogens is 380 g/mol. The van der Waals surface area contributed by atoms with Gasteiger partial charge < -0.3 is 14.8 Å². The fourth-order valence-electron chi connectivity index (χ4n) is 3.12. The highest BCUT2D eigenvalue weighted by Crippen LogP contribution is 2.24. The molecule has 6 nitrogen and oxygen atoms in total. The molecular formula is C24H24N2O4. The lowest BCUT2D eigenvalue weighted by Crippen LogP contribution is -2.26. The van der Waals surface area contributed by atoms with Gasteiger partial charge in [0.05, 0.1) is 6.61 Å². The van der Waals surface area contributed by atoms with E-state index in [0.717, 1.165) is 11.1 Å². The second-order valence-electron chi connectivity index (χ2n) is 6.85. The van der Waals surface area contributed by atoms with Crippen LogP contribution in [0.25, 0.3) is 0 Å². The Morgan fingerprint density at radius 2 is 1.70 bits per heavy atom. The third-order valence-corrected chi connectivity index (χ3v) is 4.33. The van der Waals surface area contributed by atoms with Crippen LogP contribution >= 0.6 is 0 Å². The number of rotatable bonds is 7. The molecule has 30 heavy (non-hydrogen) atoms. The van der Waals surface area contributed by atoms with Gasteiger partial charge in [-0.05, 0) is 56.2 Å². The van der Waals surface area contributed by atoms with Crippen molar-refractivity contribution in [1.82, 2.24) is 4.98 Å². The Bertz CT molecular complexity index is 1010. The number of aromatic nitrogens is 1. The van der Waals surface area contributed by atoms with Crippen molar-refractivity contribution < 1.29 is 19.1 Å². The molecule has 1 aromatic heterocycles. The van der Waals surface area contributed by atoms with E-state index in [9.17, 15) is 9.59 Å². The SMILES string of the molecule is CCOc1ncccc1C(=O)OC(C(=O)Nc1cc(C)cc(C)c1)c1ccccc1. The minimum atomic E-state index is -1.13. The number of nitrogens with zero attached hydrogens (tertiary/aromatic N) is 1. The third-order valence-electron chi connectivity index (χ3n) is 4.33. The van der Waals surface area contributed by atoms with Gasteiger partial charge in [-0.2, -0.15) is 0 Å². The van der Waals surface area contributed by atoms with E-state index in [-0.39, 0.29) is 11.4 Å². The van der Waals surface area contributed by atoms with Gasteiger partial charge >= 0.3 is 5.97 Å². The van der Waals surface area contributed by atoms with Crippen LogP contribution in [0.1, 0.15) is 40.1 Å². The lowest BCUT2D eigenvalue weighted by atomic mass is 10.1. The van der Waals surface area contributed by atoms with E-state index in [2.05, 4.69) is 10.3 Å². The number of aryl methyl sites for hydroxylation is 2. The average molecular weight is 404 g/mol. The molecule has 0 bridgehead atoms. The number of anilines is 1. The Morgan fingerprint density at radius 3 is 2.37 bits per heavy atom. The molecule has 0 aliphatic carbocycles. The first-order valence-corrected chi connectivity index (χ1v) is 9.71. The molecule has 0 aliphatic rings. The molecule has 3 rings (SSSR count). The second-order valence-corrected chi connectivity index (χ2v) is 6.85. The van der Waals surface area contributed by atoms with E-state index in [4.69, 9.17) is 9.47 Å². The summed E-state index contributed by atoms with van der Waals surface area (Å²) in [4.78, 5) is 30.0. The first-order valence-electron chi connectivity index (χ1n) is 9.71. The van der Waals surface area contributed by atoms with Gasteiger partial charge in [0.2, 0.25) is 12.0 Å². The molecule has 3 aromatic rings. The van der Waals surface area contributed by atoms with Crippen LogP contribution in [-0.2, 0) is 9.53 Å². The topological polar surface area (TPSA) is 77.5 Å². The monoisotopic (exact) mass is 404 g/mol. The zero-order valence-electron chi connectivity index (χ0n) is 17.2. The summed E-state index contributed by atoms with van der Waals surface area (Å²) in [5.41, 5.74) is 3.42. The van der Waals surface area contributed by atoms with Gasteiger partial charge in [0.15, 0.2) is 0 Å². The highest BCUT2D eigenvalue weighted by molar-refractivity contribution is 5.98. The van der Waals surface area contributed by atoms with Crippen molar-refractivity contribution in [3.05, 3.63) is 89.1 Å². The lowest BCUT2D eigenvalue weighted by Gasteiger charge is -2.19. The number of hydrogen-bond acceptors (Lipinski definition) is 5. The standard InChI is InChI=1S/C24H24N2O4/c1-4-29-23-20(11-8-12-25-23)24(28)30-21(18-9-6-5-7-10-18)22(27)26-19-14-16(2)13-17(3)15-19/h5-15,21H,4H2,1-3H3,(H,26,27). The van der Waals surface area contributed by atoms with Gasteiger partial charge in [0, 0.05) is 17.4 Å². The molecule has 0 saturated heterocycles. The zero-order chi connectivity index (χ0) is 21.5. The van der Waals surface area contributed by atoms with E-state index in [0.29, 0.717) is 17.9 Å². The first kappa shape index (κ1) is 21.0. The number of carbonyl (C=O) groups excluding carboxylic acids is 2. The Labute approximate surface area is 175 Å². The van der Waals surface area contributed by atoms with Crippen LogP contribution in [0.15, 0.2) is 66.9 Å². The highest BCUT2D eigenvalue weighted by atomic mass is 16.6. The van der Waals surface area contributed by atoms with Crippen molar-refractivity contribution in [3.63, 3.8) is 0 Å². The summed E-state index contributed by atoms with van der Waals surface area (Å²) in [5.74, 6) is -0.955. The first-order chi connectivity index (χ1) is 14.5. The van der Waals surface area contributed by atoms with Crippen LogP contribution < -0.4 is 10.1 Å². The highest BCUT2D eigenvalue weighted by Gasteiger charge is 2.27. The summed E-state index contributed by atoms with van der Waals surface area (Å²) in [6.45, 7) is 6.06. The maximum absolute atomic E-state index is 13.1. The van der Waals surface area contributed by atoms with Crippen molar-refractivity contribution in [3.8, 4) is 5.88 Å². The fourth-order valence-corrected chi connectivity index (χ4v) is 3.12. The maximum Gasteiger partial charge on any atom is 0.344 e. The largest absolute Gasteiger partial charge is 0.477 e. The predicted octanol–water partition coefficient (Wildman–Crippen LogP) is 4.63. The van der Waals surface area contributed by atoms with Crippen LogP contribution in [0.2, 0.25) is 0 Å². The van der Waals surface area contributed by atoms with Crippen molar-refractivity contribution in [2.45, 2.75) is 26.9 Å². The number of hydrogen-bond donors (Lipinski definition) is 1. The number of amides is 1. The number of carbonyl (C=O) groups is 2. The molecule has 1 atom stereocenters. The lowest BCUT2D eigenvalue weighted by molar-refractivity contribution is -0.125. The van der Waals surface area contributed by atoms with Crippen LogP contribution in [0.4, 0.5) is 5.69 Å². The van der Waals surface area contributed by atoms with Gasteiger partial charge in [-0.15, -0.1) is 0 Å². The summed E-state index contributed by atoms with van der Waals surface area (Å²) in [6.07, 6.45) is 0.401. The van der Waals surface area contributed by atoms with Crippen molar-refractivity contribution >= 4 is 17.6 Å². The van der Waals surface area contributed by atoms with Crippen molar-refractivity contribution in [2.75, 3.05) is 11.9 Å². The summed E-state index contributed by atoms with van der Waals surface area (Å²) in [5, 5.41) is 2.86. The fraction of sp³-hybridized carbons (Fsp3) is 0.208. The number of benzene rings is 2. The van der Waals surface area contributed by atoms with Crippen LogP contribution in [-0.4, -0.2) is 23.5 Å². The molecule has 1 amide bonds. The number of pyridine rings is 1. The summed E-state index contributed by atoms with van der Waals surface area (Å²) in [6, 6.07) is 17.8. The summed E-state index contributed by atoms with van der Waals surface area (Å²) < 4.78 is 11.0. The minimum Gasteiger partial charge on any atom is -0.477 e. The molecule has 0 spiro atoms. The molecule has 154 valence electrons. The van der Waals surface area contributed by atoms with Crippen molar-refractivity contribution in [1.29, 1.82) is 0 Å². The number of esters is 1. The molecule has 0 radical (unpaired) electrons. The Kier molecular flexibility index (Phi) is 6.80. The average Bonchev–Trinajstić information content (AvgIpc) is 2.72. The van der Waals surface area contributed by atoms with E-state index >= 15 is 0 Å². The van der Waals surface area contributed by atoms with E-state index in [1.54, 1.807) is 43.3 Å². The summed E-state index contributed by atoms with van der Waals surface area (Å²) in [7, 11) is 0. The second kappa shape index (κ2) is 9.69. The summed E-state index contributed by atoms with van der Waals surface area (Å²) >= 11 is 0. The van der Waals surface area contributed by atoms with E-state index in [1.807, 2.05) is 38.1 Å². The van der Waals surface area contributed by atoms with Crippen LogP contribution in [0, 0.1) is 13.8 Å². The normalized spacial score (nSPS) is 11.4. The van der Waals surface area contributed by atoms with Gasteiger partial charge in [-0.1, -0.05) is 36.4 Å². The molecule has 0 fully saturated rings. The molecule has 1 heterocycles. The molecule has 1 N–H and O–H groups in total. The third kappa shape index (κ3) is 5.23. The Morgan fingerprint density at radius 1 is 1.00 bits per heavy atom. The van der Waals surface area contributed by atoms with Crippen molar-refractivity contribution in [2.24, 2.45) is 0 Å². The minimum absolute atomic E-state index is 0.166. The van der Waals surface area contributed by atoms with Gasteiger partial charge in [-0.3, -0.25) is 4.79 Å². The molecule has 1 unspecified atom stereocenters. The van der Waals surface area contributed by atoms with Gasteiger partial charge in [0.25, 0.3) is 5.91 Å². The van der Waals surface area contributed by atoms with Crippen LogP contribution in [0.3, 0.4) is 0 Å². The quantitative estimate of drug-likeness (QED) is 0.581. The zero-order valence-corrected chi connectivity index (χ0v) is 17.2. The Balaban J connectivity index is 1.88.